The van der Waals surface area contributed by atoms with Crippen molar-refractivity contribution in [3.63, 3.8) is 0 Å². The summed E-state index contributed by atoms with van der Waals surface area (Å²) in [5.74, 6) is 0.844. The summed E-state index contributed by atoms with van der Waals surface area (Å²) < 4.78 is 1.09. The molecule has 1 saturated carbocycles. The van der Waals surface area contributed by atoms with E-state index in [-0.39, 0.29) is 0 Å². The highest BCUT2D eigenvalue weighted by atomic mass is 32.2. The van der Waals surface area contributed by atoms with Crippen LogP contribution < -0.4 is 0 Å². The highest BCUT2D eigenvalue weighted by molar-refractivity contribution is 7.76. The summed E-state index contributed by atoms with van der Waals surface area (Å²) in [5.41, 5.74) is 0. The van der Waals surface area contributed by atoms with Crippen LogP contribution in [0, 0.1) is 3.14 Å². The highest BCUT2D eigenvalue weighted by Gasteiger charge is 2.16. The number of rotatable bonds is 1. The summed E-state index contributed by atoms with van der Waals surface area (Å²) in [4.78, 5) is 1.55. The zero-order valence-corrected chi connectivity index (χ0v) is 9.36. The van der Waals surface area contributed by atoms with E-state index in [0.29, 0.717) is 0 Å². The first-order chi connectivity index (χ1) is 5.86. The van der Waals surface area contributed by atoms with Gasteiger partial charge in [-0.25, -0.2) is 0 Å². The van der Waals surface area contributed by atoms with Gasteiger partial charge in [0.25, 0.3) is 0 Å². The van der Waals surface area contributed by atoms with E-state index in [1.807, 2.05) is 11.3 Å². The minimum atomic E-state index is 0.844. The maximum Gasteiger partial charge on any atom is 0.143 e. The van der Waals surface area contributed by atoms with Crippen molar-refractivity contribution in [1.29, 1.82) is 0 Å². The molecule has 3 heteroatoms. The van der Waals surface area contributed by atoms with E-state index in [1.54, 1.807) is 16.2 Å². The fourth-order valence-electron chi connectivity index (χ4n) is 1.82. The lowest BCUT2D eigenvalue weighted by molar-refractivity contribution is 0.448. The average molecular weight is 216 g/mol. The van der Waals surface area contributed by atoms with Crippen molar-refractivity contribution in [2.45, 2.75) is 38.0 Å². The highest BCUT2D eigenvalue weighted by Crippen LogP contribution is 2.36. The first-order valence-electron chi connectivity index (χ1n) is 4.45. The van der Waals surface area contributed by atoms with Gasteiger partial charge in [-0.3, -0.25) is 0 Å². The second-order valence-electron chi connectivity index (χ2n) is 3.33. The Morgan fingerprint density at radius 3 is 2.58 bits per heavy atom. The van der Waals surface area contributed by atoms with E-state index in [1.165, 1.54) is 32.1 Å². The normalized spacial score (nSPS) is 19.7. The van der Waals surface area contributed by atoms with Crippen LogP contribution in [0.5, 0.6) is 0 Å². The molecule has 1 aromatic heterocycles. The maximum absolute atomic E-state index is 5.14. The molecule has 2 rings (SSSR count). The summed E-state index contributed by atoms with van der Waals surface area (Å²) in [7, 11) is 0. The standard InChI is InChI=1S/C9H12S3/c10-9-11-6-8(12-9)7-4-2-1-3-5-7/h6-7H,1-5H2. The van der Waals surface area contributed by atoms with Crippen molar-refractivity contribution in [2.24, 2.45) is 0 Å². The van der Waals surface area contributed by atoms with Crippen LogP contribution in [-0.2, 0) is 0 Å². The Hall–Kier alpha value is 0.270. The summed E-state index contributed by atoms with van der Waals surface area (Å²) in [6.45, 7) is 0. The molecule has 0 saturated heterocycles. The number of hydrogen-bond donors (Lipinski definition) is 0. The van der Waals surface area contributed by atoms with Crippen molar-refractivity contribution >= 4 is 34.9 Å². The molecule has 0 aromatic carbocycles. The van der Waals surface area contributed by atoms with Gasteiger partial charge in [-0.15, -0.1) is 22.7 Å². The number of hydrogen-bond acceptors (Lipinski definition) is 3. The third-order valence-electron chi connectivity index (χ3n) is 2.48. The smallest absolute Gasteiger partial charge is 0.121 e. The van der Waals surface area contributed by atoms with E-state index in [4.69, 9.17) is 12.2 Å². The molecule has 0 radical (unpaired) electrons. The van der Waals surface area contributed by atoms with Gasteiger partial charge in [-0.05, 0) is 18.8 Å². The molecule has 0 aliphatic heterocycles. The Bertz CT molecular complexity index is 291. The van der Waals surface area contributed by atoms with Crippen molar-refractivity contribution in [3.05, 3.63) is 13.4 Å². The van der Waals surface area contributed by atoms with Crippen molar-refractivity contribution in [1.82, 2.24) is 0 Å². The van der Waals surface area contributed by atoms with E-state index in [2.05, 4.69) is 5.38 Å². The topological polar surface area (TPSA) is 0 Å². The monoisotopic (exact) mass is 216 g/mol. The van der Waals surface area contributed by atoms with Gasteiger partial charge in [0.05, 0.1) is 0 Å². The molecule has 0 N–H and O–H groups in total. The quantitative estimate of drug-likeness (QED) is 0.619. The minimum absolute atomic E-state index is 0.844. The fourth-order valence-corrected chi connectivity index (χ4v) is 4.21. The van der Waals surface area contributed by atoms with Gasteiger partial charge in [-0.1, -0.05) is 31.5 Å². The van der Waals surface area contributed by atoms with Crippen molar-refractivity contribution in [2.75, 3.05) is 0 Å². The van der Waals surface area contributed by atoms with Crippen LogP contribution in [0.25, 0.3) is 0 Å². The van der Waals surface area contributed by atoms with E-state index < -0.39 is 0 Å². The van der Waals surface area contributed by atoms with E-state index >= 15 is 0 Å². The summed E-state index contributed by atoms with van der Waals surface area (Å²) in [6.07, 6.45) is 7.05. The van der Waals surface area contributed by atoms with Gasteiger partial charge in [-0.2, -0.15) is 0 Å². The van der Waals surface area contributed by atoms with Crippen LogP contribution in [0.4, 0.5) is 0 Å². The molecule has 12 heavy (non-hydrogen) atoms. The Balaban J connectivity index is 2.13. The SMILES string of the molecule is S=c1scc(C2CCCCC2)s1. The third-order valence-corrected chi connectivity index (χ3v) is 5.12. The largest absolute Gasteiger partial charge is 0.143 e. The van der Waals surface area contributed by atoms with Gasteiger partial charge in [0, 0.05) is 10.3 Å². The lowest BCUT2D eigenvalue weighted by atomic mass is 9.89. The molecule has 0 unspecified atom stereocenters. The Labute approximate surface area is 86.3 Å². The molecule has 1 aliphatic carbocycles. The zero-order valence-electron chi connectivity index (χ0n) is 6.91. The molecule has 0 amide bonds. The molecule has 0 atom stereocenters. The molecule has 1 fully saturated rings. The molecule has 0 bridgehead atoms. The summed E-state index contributed by atoms with van der Waals surface area (Å²) in [6, 6.07) is 0. The molecule has 0 spiro atoms. The van der Waals surface area contributed by atoms with Crippen molar-refractivity contribution < 1.29 is 0 Å². The van der Waals surface area contributed by atoms with Crippen LogP contribution in [-0.4, -0.2) is 0 Å². The van der Waals surface area contributed by atoms with Gasteiger partial charge in [0.1, 0.15) is 3.14 Å². The van der Waals surface area contributed by atoms with Crippen LogP contribution in [0.3, 0.4) is 0 Å². The maximum atomic E-state index is 5.14. The third kappa shape index (κ3) is 1.95. The summed E-state index contributed by atoms with van der Waals surface area (Å²) >= 11 is 8.70. The first kappa shape index (κ1) is 8.85. The van der Waals surface area contributed by atoms with Crippen LogP contribution >= 0.6 is 34.9 Å². The lowest BCUT2D eigenvalue weighted by Gasteiger charge is -2.19. The predicted octanol–water partition coefficient (Wildman–Crippen LogP) is 4.59. The van der Waals surface area contributed by atoms with Crippen LogP contribution in [0.15, 0.2) is 5.38 Å². The fraction of sp³-hybridized carbons (Fsp3) is 0.667. The molecule has 1 heterocycles. The molecular weight excluding hydrogens is 204 g/mol. The van der Waals surface area contributed by atoms with Gasteiger partial charge in [0.15, 0.2) is 0 Å². The molecule has 1 aliphatic rings. The van der Waals surface area contributed by atoms with Crippen LogP contribution in [0.1, 0.15) is 42.9 Å². The van der Waals surface area contributed by atoms with Crippen LogP contribution in [0.2, 0.25) is 0 Å². The lowest BCUT2D eigenvalue weighted by Crippen LogP contribution is -2.01. The summed E-state index contributed by atoms with van der Waals surface area (Å²) in [5, 5.41) is 2.27. The molecule has 1 aromatic rings. The zero-order chi connectivity index (χ0) is 8.39. The molecule has 0 nitrogen and oxygen atoms in total. The first-order valence-corrected chi connectivity index (χ1v) is 6.55. The molecule has 66 valence electrons. The Morgan fingerprint density at radius 2 is 2.00 bits per heavy atom. The second kappa shape index (κ2) is 3.99. The minimum Gasteiger partial charge on any atom is -0.121 e. The molecular formula is C9H12S3. The van der Waals surface area contributed by atoms with Gasteiger partial charge in [0.2, 0.25) is 0 Å². The average Bonchev–Trinajstić information content (AvgIpc) is 2.54. The van der Waals surface area contributed by atoms with Crippen molar-refractivity contribution in [3.8, 4) is 0 Å². The predicted molar refractivity (Wildman–Crippen MR) is 58.9 cm³/mol. The Morgan fingerprint density at radius 1 is 1.25 bits per heavy atom. The van der Waals surface area contributed by atoms with E-state index in [0.717, 1.165) is 9.06 Å². The van der Waals surface area contributed by atoms with Gasteiger partial charge >= 0.3 is 0 Å². The second-order valence-corrected chi connectivity index (χ2v) is 6.47. The van der Waals surface area contributed by atoms with E-state index in [9.17, 15) is 0 Å². The Kier molecular flexibility index (Phi) is 2.94. The van der Waals surface area contributed by atoms with Gasteiger partial charge < -0.3 is 0 Å².